The van der Waals surface area contributed by atoms with Crippen LogP contribution in [-0.2, 0) is 0 Å². The molecule has 0 unspecified atom stereocenters. The molecule has 0 bridgehead atoms. The van der Waals surface area contributed by atoms with Gasteiger partial charge < -0.3 is 14.8 Å². The number of anilines is 1. The minimum atomic E-state index is -0.265. The van der Waals surface area contributed by atoms with Crippen molar-refractivity contribution in [2.24, 2.45) is 0 Å². The number of aryl methyl sites for hydroxylation is 1. The predicted octanol–water partition coefficient (Wildman–Crippen LogP) is 5.08. The van der Waals surface area contributed by atoms with Gasteiger partial charge in [-0.3, -0.25) is 4.79 Å². The number of ether oxygens (including phenoxy) is 2. The second-order valence-electron chi connectivity index (χ2n) is 5.85. The molecule has 0 spiro atoms. The van der Waals surface area contributed by atoms with Gasteiger partial charge >= 0.3 is 0 Å². The Labute approximate surface area is 170 Å². The molecule has 1 N–H and O–H groups in total. The summed E-state index contributed by atoms with van der Waals surface area (Å²) in [4.78, 5) is 16.7. The molecule has 7 heteroatoms. The molecule has 0 atom stereocenters. The number of nitriles is 1. The first-order valence-electron chi connectivity index (χ1n) is 8.30. The van der Waals surface area contributed by atoms with E-state index in [0.29, 0.717) is 32.8 Å². The van der Waals surface area contributed by atoms with Crippen LogP contribution in [0, 0.1) is 18.3 Å². The van der Waals surface area contributed by atoms with Crippen LogP contribution in [0.5, 0.6) is 17.4 Å². The van der Waals surface area contributed by atoms with Gasteiger partial charge in [0.05, 0.1) is 12.7 Å². The molecule has 0 saturated heterocycles. The molecule has 1 aromatic heterocycles. The van der Waals surface area contributed by atoms with E-state index in [-0.39, 0.29) is 11.8 Å². The predicted molar refractivity (Wildman–Crippen MR) is 109 cm³/mol. The molecule has 2 aromatic carbocycles. The van der Waals surface area contributed by atoms with Gasteiger partial charge in [-0.1, -0.05) is 0 Å². The molecular formula is C21H16BrN3O3. The number of hydrogen-bond donors (Lipinski definition) is 1. The zero-order valence-electron chi connectivity index (χ0n) is 15.2. The SMILES string of the molecule is COc1ccc(Br)c(C(=O)Nc2ccc(Oc3ncccc3C#N)cc2C)c1. The molecule has 3 aromatic rings. The number of nitrogens with one attached hydrogen (secondary N) is 1. The van der Waals surface area contributed by atoms with Gasteiger partial charge in [0.2, 0.25) is 5.88 Å². The fourth-order valence-electron chi connectivity index (χ4n) is 2.50. The highest BCUT2D eigenvalue weighted by molar-refractivity contribution is 9.10. The largest absolute Gasteiger partial charge is 0.497 e. The van der Waals surface area contributed by atoms with Gasteiger partial charge in [0.1, 0.15) is 23.1 Å². The van der Waals surface area contributed by atoms with Crippen LogP contribution in [0.25, 0.3) is 0 Å². The molecule has 0 radical (unpaired) electrons. The zero-order chi connectivity index (χ0) is 20.1. The van der Waals surface area contributed by atoms with Crippen LogP contribution in [0.15, 0.2) is 59.2 Å². The Morgan fingerprint density at radius 3 is 2.68 bits per heavy atom. The van der Waals surface area contributed by atoms with Gasteiger partial charge in [-0.15, -0.1) is 0 Å². The number of pyridine rings is 1. The van der Waals surface area contributed by atoms with E-state index in [1.807, 2.05) is 13.0 Å². The number of rotatable bonds is 5. The lowest BCUT2D eigenvalue weighted by molar-refractivity contribution is 0.102. The Morgan fingerprint density at radius 1 is 1.18 bits per heavy atom. The fourth-order valence-corrected chi connectivity index (χ4v) is 2.93. The lowest BCUT2D eigenvalue weighted by Gasteiger charge is -2.12. The van der Waals surface area contributed by atoms with Crippen molar-refractivity contribution in [1.29, 1.82) is 5.26 Å². The van der Waals surface area contributed by atoms with Crippen molar-refractivity contribution >= 4 is 27.5 Å². The first-order valence-corrected chi connectivity index (χ1v) is 9.09. The van der Waals surface area contributed by atoms with Gasteiger partial charge in [0, 0.05) is 16.4 Å². The third-order valence-corrected chi connectivity index (χ3v) is 4.66. The van der Waals surface area contributed by atoms with Crippen molar-refractivity contribution in [3.63, 3.8) is 0 Å². The van der Waals surface area contributed by atoms with Gasteiger partial charge in [-0.05, 0) is 76.9 Å². The van der Waals surface area contributed by atoms with E-state index in [1.165, 1.54) is 0 Å². The maximum atomic E-state index is 12.6. The Balaban J connectivity index is 1.80. The van der Waals surface area contributed by atoms with E-state index in [9.17, 15) is 4.79 Å². The summed E-state index contributed by atoms with van der Waals surface area (Å²) in [7, 11) is 1.55. The third kappa shape index (κ3) is 4.30. The molecular weight excluding hydrogens is 422 g/mol. The smallest absolute Gasteiger partial charge is 0.256 e. The first-order chi connectivity index (χ1) is 13.5. The Morgan fingerprint density at radius 2 is 1.96 bits per heavy atom. The van der Waals surface area contributed by atoms with Crippen LogP contribution in [0.2, 0.25) is 0 Å². The maximum absolute atomic E-state index is 12.6. The Hall–Kier alpha value is -3.37. The number of carbonyl (C=O) groups excluding carboxylic acids is 1. The second-order valence-corrected chi connectivity index (χ2v) is 6.70. The molecule has 3 rings (SSSR count). The van der Waals surface area contributed by atoms with Crippen LogP contribution >= 0.6 is 15.9 Å². The van der Waals surface area contributed by atoms with Crippen molar-refractivity contribution in [3.05, 3.63) is 75.9 Å². The van der Waals surface area contributed by atoms with E-state index in [0.717, 1.165) is 5.56 Å². The summed E-state index contributed by atoms with van der Waals surface area (Å²) in [6.07, 6.45) is 1.56. The van der Waals surface area contributed by atoms with E-state index in [1.54, 1.807) is 61.8 Å². The quantitative estimate of drug-likeness (QED) is 0.601. The number of amides is 1. The molecule has 0 saturated carbocycles. The molecule has 0 aliphatic heterocycles. The van der Waals surface area contributed by atoms with Gasteiger partial charge in [-0.25, -0.2) is 4.98 Å². The number of aromatic nitrogens is 1. The number of carbonyl (C=O) groups is 1. The molecule has 0 aliphatic carbocycles. The second kappa shape index (κ2) is 8.55. The van der Waals surface area contributed by atoms with Gasteiger partial charge in [0.25, 0.3) is 5.91 Å². The van der Waals surface area contributed by atoms with Crippen LogP contribution in [-0.4, -0.2) is 18.0 Å². The average molecular weight is 438 g/mol. The highest BCUT2D eigenvalue weighted by atomic mass is 79.9. The first kappa shape index (κ1) is 19.4. The summed E-state index contributed by atoms with van der Waals surface area (Å²) in [6, 6.07) is 15.8. The fraction of sp³-hybridized carbons (Fsp3) is 0.0952. The number of nitrogens with zero attached hydrogens (tertiary/aromatic N) is 2. The van der Waals surface area contributed by atoms with Gasteiger partial charge in [0.15, 0.2) is 0 Å². The number of benzene rings is 2. The lowest BCUT2D eigenvalue weighted by atomic mass is 10.1. The van der Waals surface area contributed by atoms with Crippen molar-refractivity contribution in [1.82, 2.24) is 4.98 Å². The van der Waals surface area contributed by atoms with Crippen molar-refractivity contribution in [3.8, 4) is 23.4 Å². The minimum Gasteiger partial charge on any atom is -0.497 e. The van der Waals surface area contributed by atoms with Crippen molar-refractivity contribution < 1.29 is 14.3 Å². The zero-order valence-corrected chi connectivity index (χ0v) is 16.8. The molecule has 28 heavy (non-hydrogen) atoms. The lowest BCUT2D eigenvalue weighted by Crippen LogP contribution is -2.13. The number of halogens is 1. The number of methoxy groups -OCH3 is 1. The summed E-state index contributed by atoms with van der Waals surface area (Å²) in [5.74, 6) is 1.09. The molecule has 6 nitrogen and oxygen atoms in total. The molecule has 0 fully saturated rings. The summed E-state index contributed by atoms with van der Waals surface area (Å²) in [6.45, 7) is 1.85. The molecule has 1 amide bonds. The van der Waals surface area contributed by atoms with Crippen LogP contribution in [0.1, 0.15) is 21.5 Å². The van der Waals surface area contributed by atoms with Crippen LogP contribution in [0.3, 0.4) is 0 Å². The van der Waals surface area contributed by atoms with E-state index in [2.05, 4.69) is 26.2 Å². The summed E-state index contributed by atoms with van der Waals surface area (Å²) in [5.41, 5.74) is 2.26. The van der Waals surface area contributed by atoms with E-state index in [4.69, 9.17) is 14.7 Å². The summed E-state index contributed by atoms with van der Waals surface area (Å²) >= 11 is 3.38. The standard InChI is InChI=1S/C21H16BrN3O3/c1-13-10-16(28-21-14(12-23)4-3-9-24-21)6-8-19(13)25-20(26)17-11-15(27-2)5-7-18(17)22/h3-11H,1-2H3,(H,25,26). The monoisotopic (exact) mass is 437 g/mol. The Bertz CT molecular complexity index is 1080. The molecule has 1 heterocycles. The van der Waals surface area contributed by atoms with E-state index < -0.39 is 0 Å². The average Bonchev–Trinajstić information content (AvgIpc) is 2.70. The number of hydrogen-bond acceptors (Lipinski definition) is 5. The minimum absolute atomic E-state index is 0.237. The van der Waals surface area contributed by atoms with Crippen molar-refractivity contribution in [2.75, 3.05) is 12.4 Å². The topological polar surface area (TPSA) is 84.2 Å². The molecule has 0 aliphatic rings. The van der Waals surface area contributed by atoms with Crippen molar-refractivity contribution in [2.45, 2.75) is 6.92 Å². The summed E-state index contributed by atoms with van der Waals surface area (Å²) in [5, 5.41) is 12.0. The summed E-state index contributed by atoms with van der Waals surface area (Å²) < 4.78 is 11.6. The van der Waals surface area contributed by atoms with E-state index >= 15 is 0 Å². The highest BCUT2D eigenvalue weighted by Gasteiger charge is 2.14. The third-order valence-electron chi connectivity index (χ3n) is 3.97. The Kier molecular flexibility index (Phi) is 5.92. The molecule has 140 valence electrons. The van der Waals surface area contributed by atoms with Crippen LogP contribution in [0.4, 0.5) is 5.69 Å². The highest BCUT2D eigenvalue weighted by Crippen LogP contribution is 2.28. The maximum Gasteiger partial charge on any atom is 0.256 e. The van der Waals surface area contributed by atoms with Crippen LogP contribution < -0.4 is 14.8 Å². The van der Waals surface area contributed by atoms with Gasteiger partial charge in [-0.2, -0.15) is 5.26 Å². The normalized spacial score (nSPS) is 10.1.